The molecule has 0 saturated carbocycles. The maximum Gasteiger partial charge on any atom is 0.270 e. The van der Waals surface area contributed by atoms with E-state index in [4.69, 9.17) is 6.42 Å². The first-order valence-electron chi connectivity index (χ1n) is 6.87. The average molecular weight is 329 g/mol. The van der Waals surface area contributed by atoms with E-state index in [0.29, 0.717) is 11.1 Å². The van der Waals surface area contributed by atoms with Gasteiger partial charge in [-0.15, -0.1) is 6.42 Å². The molecule has 0 fully saturated rings. The van der Waals surface area contributed by atoms with Crippen molar-refractivity contribution < 1.29 is 13.5 Å². The highest BCUT2D eigenvalue weighted by Gasteiger charge is 2.40. The molecule has 3 rings (SSSR count). The molecular weight excluding hydrogens is 314 g/mol. The van der Waals surface area contributed by atoms with Crippen molar-refractivity contribution in [3.63, 3.8) is 0 Å². The maximum absolute atomic E-state index is 13.0. The first kappa shape index (κ1) is 15.2. The van der Waals surface area contributed by atoms with E-state index >= 15 is 0 Å². The highest BCUT2D eigenvalue weighted by molar-refractivity contribution is 8.02. The molecule has 1 N–H and O–H groups in total. The van der Waals surface area contributed by atoms with E-state index < -0.39 is 10.0 Å². The van der Waals surface area contributed by atoms with Crippen molar-refractivity contribution in [1.29, 1.82) is 0 Å². The van der Waals surface area contributed by atoms with Crippen molar-refractivity contribution in [2.24, 2.45) is 7.05 Å². The lowest BCUT2D eigenvalue weighted by atomic mass is 10.1. The lowest BCUT2D eigenvalue weighted by Gasteiger charge is -2.27. The number of aliphatic hydroxyl groups is 1. The Balaban J connectivity index is 2.38. The van der Waals surface area contributed by atoms with Gasteiger partial charge >= 0.3 is 0 Å². The number of sulfonamides is 1. The molecule has 0 amide bonds. The molecule has 1 aromatic carbocycles. The zero-order chi connectivity index (χ0) is 16.8. The van der Waals surface area contributed by atoms with Crippen LogP contribution in [0.25, 0.3) is 10.7 Å². The standard InChI is InChI=1S/C16H15N3O3S/c1-4-9-19-16-13(10-18(3)17-16)14(20)15(23(19,21)22)12-8-6-5-7-11(12)2/h1,5-8,10,20H,9H2,2-3H3. The summed E-state index contributed by atoms with van der Waals surface area (Å²) in [6, 6.07) is 6.98. The van der Waals surface area contributed by atoms with Gasteiger partial charge in [-0.25, -0.2) is 12.7 Å². The maximum atomic E-state index is 13.0. The van der Waals surface area contributed by atoms with Crippen LogP contribution in [0.3, 0.4) is 0 Å². The first-order chi connectivity index (χ1) is 10.9. The van der Waals surface area contributed by atoms with E-state index in [1.165, 1.54) is 4.68 Å². The number of fused-ring (bicyclic) bond motifs is 1. The van der Waals surface area contributed by atoms with Crippen molar-refractivity contribution in [3.8, 4) is 12.3 Å². The molecule has 0 saturated heterocycles. The minimum atomic E-state index is -4.01. The summed E-state index contributed by atoms with van der Waals surface area (Å²) < 4.78 is 28.5. The number of anilines is 1. The molecule has 0 radical (unpaired) electrons. The fourth-order valence-electron chi connectivity index (χ4n) is 2.63. The number of aromatic nitrogens is 2. The van der Waals surface area contributed by atoms with Crippen LogP contribution < -0.4 is 4.31 Å². The second-order valence-electron chi connectivity index (χ2n) is 5.25. The van der Waals surface area contributed by atoms with Crippen molar-refractivity contribution in [1.82, 2.24) is 9.78 Å². The van der Waals surface area contributed by atoms with E-state index in [9.17, 15) is 13.5 Å². The summed E-state index contributed by atoms with van der Waals surface area (Å²) in [6.45, 7) is 1.63. The first-order valence-corrected chi connectivity index (χ1v) is 8.31. The van der Waals surface area contributed by atoms with Crippen LogP contribution in [0.2, 0.25) is 0 Å². The molecule has 0 aliphatic carbocycles. The quantitative estimate of drug-likeness (QED) is 0.854. The van der Waals surface area contributed by atoms with Crippen LogP contribution in [0.15, 0.2) is 30.5 Å². The highest BCUT2D eigenvalue weighted by atomic mass is 32.2. The van der Waals surface area contributed by atoms with Gasteiger partial charge in [0, 0.05) is 18.8 Å². The largest absolute Gasteiger partial charge is 0.506 e. The Morgan fingerprint density at radius 3 is 2.65 bits per heavy atom. The molecule has 1 aliphatic heterocycles. The van der Waals surface area contributed by atoms with Gasteiger partial charge in [-0.1, -0.05) is 30.2 Å². The summed E-state index contributed by atoms with van der Waals surface area (Å²) >= 11 is 0. The normalized spacial score (nSPS) is 16.1. The van der Waals surface area contributed by atoms with Gasteiger partial charge in [0.15, 0.2) is 5.82 Å². The molecular formula is C16H15N3O3S. The Hall–Kier alpha value is -2.72. The Bertz CT molecular complexity index is 965. The van der Waals surface area contributed by atoms with Crippen LogP contribution in [-0.4, -0.2) is 29.8 Å². The second kappa shape index (κ2) is 5.18. The molecule has 1 aromatic heterocycles. The van der Waals surface area contributed by atoms with Gasteiger partial charge in [0.25, 0.3) is 10.0 Å². The third-order valence-corrected chi connectivity index (χ3v) is 5.50. The number of terminal acetylenes is 1. The highest BCUT2D eigenvalue weighted by Crippen LogP contribution is 2.42. The number of aryl methyl sites for hydroxylation is 2. The summed E-state index contributed by atoms with van der Waals surface area (Å²) in [7, 11) is -2.35. The van der Waals surface area contributed by atoms with Crippen LogP contribution in [-0.2, 0) is 17.1 Å². The number of nitrogens with zero attached hydrogens (tertiary/aromatic N) is 3. The van der Waals surface area contributed by atoms with E-state index in [-0.39, 0.29) is 23.0 Å². The molecule has 2 aromatic rings. The molecule has 0 unspecified atom stereocenters. The molecule has 23 heavy (non-hydrogen) atoms. The average Bonchev–Trinajstić information content (AvgIpc) is 2.87. The predicted octanol–water partition coefficient (Wildman–Crippen LogP) is 1.90. The van der Waals surface area contributed by atoms with E-state index in [0.717, 1.165) is 9.87 Å². The summed E-state index contributed by atoms with van der Waals surface area (Å²) in [5.74, 6) is 2.17. The van der Waals surface area contributed by atoms with Gasteiger partial charge in [-0.3, -0.25) is 4.68 Å². The predicted molar refractivity (Wildman–Crippen MR) is 88.9 cm³/mol. The Morgan fingerprint density at radius 1 is 1.30 bits per heavy atom. The summed E-state index contributed by atoms with van der Waals surface area (Å²) in [5.41, 5.74) is 1.53. The molecule has 0 atom stereocenters. The van der Waals surface area contributed by atoms with Crippen LogP contribution in [0.5, 0.6) is 0 Å². The van der Waals surface area contributed by atoms with Gasteiger partial charge in [-0.05, 0) is 12.5 Å². The Morgan fingerprint density at radius 2 is 2.00 bits per heavy atom. The monoisotopic (exact) mass is 329 g/mol. The Labute approximate surface area is 134 Å². The number of rotatable bonds is 2. The van der Waals surface area contributed by atoms with Crippen molar-refractivity contribution in [2.45, 2.75) is 6.92 Å². The zero-order valence-electron chi connectivity index (χ0n) is 12.7. The third kappa shape index (κ3) is 2.19. The number of hydrogen-bond donors (Lipinski definition) is 1. The molecule has 0 spiro atoms. The van der Waals surface area contributed by atoms with Crippen LogP contribution >= 0.6 is 0 Å². The number of benzene rings is 1. The lowest BCUT2D eigenvalue weighted by Crippen LogP contribution is -2.36. The van der Waals surface area contributed by atoms with Crippen molar-refractivity contribution in [3.05, 3.63) is 47.2 Å². The fraction of sp³-hybridized carbons (Fsp3) is 0.188. The van der Waals surface area contributed by atoms with Gasteiger partial charge in [0.2, 0.25) is 0 Å². The molecule has 0 bridgehead atoms. The third-order valence-electron chi connectivity index (χ3n) is 3.69. The van der Waals surface area contributed by atoms with Gasteiger partial charge in [0.1, 0.15) is 10.7 Å². The second-order valence-corrected chi connectivity index (χ2v) is 7.05. The van der Waals surface area contributed by atoms with Crippen molar-refractivity contribution >= 4 is 26.5 Å². The fourth-order valence-corrected chi connectivity index (χ4v) is 4.32. The van der Waals surface area contributed by atoms with Crippen molar-refractivity contribution in [2.75, 3.05) is 10.8 Å². The molecule has 118 valence electrons. The number of aliphatic hydroxyl groups excluding tert-OH is 1. The summed E-state index contributed by atoms with van der Waals surface area (Å²) in [5, 5.41) is 14.7. The molecule has 7 heteroatoms. The van der Waals surface area contributed by atoms with Crippen LogP contribution in [0.1, 0.15) is 16.7 Å². The smallest absolute Gasteiger partial charge is 0.270 e. The summed E-state index contributed by atoms with van der Waals surface area (Å²) in [6.07, 6.45) is 6.89. The van der Waals surface area contributed by atoms with E-state index in [2.05, 4.69) is 11.0 Å². The number of hydrogen-bond acceptors (Lipinski definition) is 4. The van der Waals surface area contributed by atoms with Gasteiger partial charge < -0.3 is 5.11 Å². The minimum absolute atomic E-state index is 0.139. The van der Waals surface area contributed by atoms with E-state index in [1.807, 2.05) is 0 Å². The Kier molecular flexibility index (Phi) is 3.42. The van der Waals surface area contributed by atoms with Gasteiger partial charge in [-0.2, -0.15) is 5.10 Å². The summed E-state index contributed by atoms with van der Waals surface area (Å²) in [4.78, 5) is -0.147. The molecule has 1 aliphatic rings. The minimum Gasteiger partial charge on any atom is -0.506 e. The van der Waals surface area contributed by atoms with E-state index in [1.54, 1.807) is 44.4 Å². The van der Waals surface area contributed by atoms with Crippen LogP contribution in [0, 0.1) is 19.3 Å². The van der Waals surface area contributed by atoms with Crippen LogP contribution in [0.4, 0.5) is 5.82 Å². The van der Waals surface area contributed by atoms with Gasteiger partial charge in [0.05, 0.1) is 12.1 Å². The SMILES string of the molecule is C#CCN1c2nn(C)cc2C(O)=C(c2ccccc2C)S1(=O)=O. The molecule has 6 nitrogen and oxygen atoms in total. The molecule has 2 heterocycles. The lowest BCUT2D eigenvalue weighted by molar-refractivity contribution is 0.513. The zero-order valence-corrected chi connectivity index (χ0v) is 13.5. The topological polar surface area (TPSA) is 75.4 Å².